The minimum Gasteiger partial charge on any atom is -0.455 e. The summed E-state index contributed by atoms with van der Waals surface area (Å²) in [5.41, 5.74) is 11.8. The third-order valence-electron chi connectivity index (χ3n) is 11.3. The van der Waals surface area contributed by atoms with Gasteiger partial charge in [0.25, 0.3) is 0 Å². The summed E-state index contributed by atoms with van der Waals surface area (Å²) in [7, 11) is 0. The van der Waals surface area contributed by atoms with Crippen LogP contribution in [0.1, 0.15) is 0 Å². The van der Waals surface area contributed by atoms with Crippen molar-refractivity contribution in [3.63, 3.8) is 0 Å². The number of furan rings is 1. The molecule has 254 valence electrons. The van der Waals surface area contributed by atoms with E-state index in [1.165, 1.54) is 43.8 Å². The Balaban J connectivity index is 1.10. The third-order valence-corrected chi connectivity index (χ3v) is 11.3. The summed E-state index contributed by atoms with van der Waals surface area (Å²) in [4.78, 5) is 15.6. The van der Waals surface area contributed by atoms with Crippen LogP contribution in [0.5, 0.6) is 0 Å². The quantitative estimate of drug-likeness (QED) is 0.172. The van der Waals surface area contributed by atoms with Crippen molar-refractivity contribution < 1.29 is 4.42 Å². The molecule has 1 aliphatic carbocycles. The van der Waals surface area contributed by atoms with Gasteiger partial charge in [-0.15, -0.1) is 0 Å². The van der Waals surface area contributed by atoms with Crippen LogP contribution in [-0.4, -0.2) is 15.0 Å². The van der Waals surface area contributed by atoms with Gasteiger partial charge in [0, 0.05) is 33.0 Å². The number of benzene rings is 9. The first kappa shape index (κ1) is 30.1. The minimum absolute atomic E-state index is 0.600. The van der Waals surface area contributed by atoms with Gasteiger partial charge in [-0.3, -0.25) is 0 Å². The summed E-state index contributed by atoms with van der Waals surface area (Å²) < 4.78 is 6.85. The highest BCUT2D eigenvalue weighted by Gasteiger charge is 2.25. The summed E-state index contributed by atoms with van der Waals surface area (Å²) in [6, 6.07) is 61.9. The first-order chi connectivity index (χ1) is 27.3. The number of para-hydroxylation sites is 1. The van der Waals surface area contributed by atoms with Crippen molar-refractivity contribution in [3.8, 4) is 67.5 Å². The van der Waals surface area contributed by atoms with E-state index in [9.17, 15) is 0 Å². The predicted molar refractivity (Wildman–Crippen MR) is 226 cm³/mol. The monoisotopic (exact) mass is 699 g/mol. The molecule has 2 heterocycles. The average Bonchev–Trinajstić information content (AvgIpc) is 3.81. The van der Waals surface area contributed by atoms with Crippen LogP contribution in [-0.2, 0) is 0 Å². The SMILES string of the molecule is c1ccc(-c2nc(-c3cc4ccccc4c4ccccc34)nc(-c3cccc4oc5c(-c6ccc7c8c(cccc68)-c6ccccc6-7)cccc5c34)n2)cc1. The molecular formula is C51H29N3O. The molecule has 11 aromatic rings. The molecule has 0 amide bonds. The Bertz CT molecular complexity index is 3350. The molecule has 0 N–H and O–H groups in total. The second-order valence-corrected chi connectivity index (χ2v) is 14.3. The first-order valence-corrected chi connectivity index (χ1v) is 18.6. The van der Waals surface area contributed by atoms with E-state index in [0.29, 0.717) is 17.5 Å². The lowest BCUT2D eigenvalue weighted by Gasteiger charge is -2.13. The molecule has 4 nitrogen and oxygen atoms in total. The molecule has 2 aromatic heterocycles. The summed E-state index contributed by atoms with van der Waals surface area (Å²) in [6.07, 6.45) is 0. The Labute approximate surface area is 316 Å². The molecule has 0 aliphatic heterocycles. The van der Waals surface area contributed by atoms with Gasteiger partial charge in [-0.25, -0.2) is 15.0 Å². The summed E-state index contributed by atoms with van der Waals surface area (Å²) in [5, 5.41) is 9.13. The van der Waals surface area contributed by atoms with E-state index in [4.69, 9.17) is 19.4 Å². The molecule has 0 radical (unpaired) electrons. The normalized spacial score (nSPS) is 12.0. The van der Waals surface area contributed by atoms with Crippen LogP contribution in [0.2, 0.25) is 0 Å². The second kappa shape index (κ2) is 11.5. The van der Waals surface area contributed by atoms with Crippen molar-refractivity contribution in [2.75, 3.05) is 0 Å². The fourth-order valence-corrected chi connectivity index (χ4v) is 8.86. The maximum absolute atomic E-state index is 6.85. The fraction of sp³-hybridized carbons (Fsp3) is 0. The molecule has 4 heteroatoms. The number of rotatable bonds is 4. The number of aromatic nitrogens is 3. The van der Waals surface area contributed by atoms with Crippen LogP contribution in [0.4, 0.5) is 0 Å². The molecule has 0 saturated carbocycles. The lowest BCUT2D eigenvalue weighted by atomic mass is 9.93. The van der Waals surface area contributed by atoms with Crippen molar-refractivity contribution in [1.82, 2.24) is 15.0 Å². The van der Waals surface area contributed by atoms with Gasteiger partial charge in [-0.05, 0) is 72.3 Å². The molecule has 12 rings (SSSR count). The van der Waals surface area contributed by atoms with Gasteiger partial charge in [0.15, 0.2) is 17.5 Å². The van der Waals surface area contributed by atoms with Gasteiger partial charge >= 0.3 is 0 Å². The van der Waals surface area contributed by atoms with Crippen LogP contribution in [0.15, 0.2) is 180 Å². The van der Waals surface area contributed by atoms with Gasteiger partial charge in [-0.1, -0.05) is 164 Å². The zero-order valence-corrected chi connectivity index (χ0v) is 29.5. The van der Waals surface area contributed by atoms with Gasteiger partial charge in [0.05, 0.1) is 0 Å². The van der Waals surface area contributed by atoms with E-state index in [1.54, 1.807) is 0 Å². The maximum Gasteiger partial charge on any atom is 0.164 e. The van der Waals surface area contributed by atoms with Crippen molar-refractivity contribution in [3.05, 3.63) is 176 Å². The maximum atomic E-state index is 6.85. The summed E-state index contributed by atoms with van der Waals surface area (Å²) in [5.74, 6) is 1.85. The van der Waals surface area contributed by atoms with E-state index in [0.717, 1.165) is 60.5 Å². The molecule has 9 aromatic carbocycles. The van der Waals surface area contributed by atoms with Gasteiger partial charge in [-0.2, -0.15) is 0 Å². The fourth-order valence-electron chi connectivity index (χ4n) is 8.86. The van der Waals surface area contributed by atoms with Crippen LogP contribution >= 0.6 is 0 Å². The van der Waals surface area contributed by atoms with Crippen LogP contribution in [0.25, 0.3) is 122 Å². The van der Waals surface area contributed by atoms with E-state index in [1.807, 2.05) is 30.3 Å². The summed E-state index contributed by atoms with van der Waals surface area (Å²) in [6.45, 7) is 0. The Morgan fingerprint density at radius 1 is 0.309 bits per heavy atom. The molecule has 1 aliphatic rings. The zero-order chi connectivity index (χ0) is 36.0. The average molecular weight is 700 g/mol. The molecule has 0 saturated heterocycles. The Morgan fingerprint density at radius 3 is 1.71 bits per heavy atom. The van der Waals surface area contributed by atoms with Crippen molar-refractivity contribution >= 4 is 54.3 Å². The Morgan fingerprint density at radius 2 is 0.873 bits per heavy atom. The standard InChI is InChI=1S/C51H29N3O/c1-2-13-30(14-3-1)49-52-50(54-51(53-49)44-29-31-15-4-5-16-32(31)33-17-6-9-20-36(33)44)43-25-12-26-45-47(43)42-24-11-23-41(48(42)55-45)37-27-28-40-35-19-8-7-18-34(35)38-21-10-22-39(37)46(38)40/h1-29H. The lowest BCUT2D eigenvalue weighted by molar-refractivity contribution is 0.670. The van der Waals surface area contributed by atoms with Crippen molar-refractivity contribution in [2.24, 2.45) is 0 Å². The van der Waals surface area contributed by atoms with E-state index >= 15 is 0 Å². The lowest BCUT2D eigenvalue weighted by Crippen LogP contribution is -2.01. The zero-order valence-electron chi connectivity index (χ0n) is 29.5. The van der Waals surface area contributed by atoms with Crippen molar-refractivity contribution in [1.29, 1.82) is 0 Å². The highest BCUT2D eigenvalue weighted by Crippen LogP contribution is 2.50. The third kappa shape index (κ3) is 4.43. The van der Waals surface area contributed by atoms with E-state index in [2.05, 4.69) is 146 Å². The Hall–Kier alpha value is -7.43. The molecule has 0 bridgehead atoms. The molecule has 0 atom stereocenters. The van der Waals surface area contributed by atoms with Gasteiger partial charge in [0.2, 0.25) is 0 Å². The predicted octanol–water partition coefficient (Wildman–Crippen LogP) is 13.5. The smallest absolute Gasteiger partial charge is 0.164 e. The second-order valence-electron chi connectivity index (χ2n) is 14.3. The number of hydrogen-bond acceptors (Lipinski definition) is 4. The van der Waals surface area contributed by atoms with E-state index < -0.39 is 0 Å². The van der Waals surface area contributed by atoms with Crippen molar-refractivity contribution in [2.45, 2.75) is 0 Å². The summed E-state index contributed by atoms with van der Waals surface area (Å²) >= 11 is 0. The number of hydrogen-bond donors (Lipinski definition) is 0. The molecule has 0 unspecified atom stereocenters. The molecule has 55 heavy (non-hydrogen) atoms. The topological polar surface area (TPSA) is 51.8 Å². The Kier molecular flexibility index (Phi) is 6.31. The minimum atomic E-state index is 0.600. The number of fused-ring (bicyclic) bond motifs is 9. The van der Waals surface area contributed by atoms with Crippen LogP contribution in [0, 0.1) is 0 Å². The first-order valence-electron chi connectivity index (χ1n) is 18.6. The molecule has 0 fully saturated rings. The molecule has 0 spiro atoms. The van der Waals surface area contributed by atoms with Crippen LogP contribution < -0.4 is 0 Å². The van der Waals surface area contributed by atoms with Gasteiger partial charge < -0.3 is 4.42 Å². The highest BCUT2D eigenvalue weighted by molar-refractivity contribution is 6.21. The number of nitrogens with zero attached hydrogens (tertiary/aromatic N) is 3. The van der Waals surface area contributed by atoms with Gasteiger partial charge in [0.1, 0.15) is 11.2 Å². The van der Waals surface area contributed by atoms with E-state index in [-0.39, 0.29) is 0 Å². The molecular weight excluding hydrogens is 671 g/mol. The highest BCUT2D eigenvalue weighted by atomic mass is 16.3. The largest absolute Gasteiger partial charge is 0.455 e. The van der Waals surface area contributed by atoms with Crippen LogP contribution in [0.3, 0.4) is 0 Å².